The van der Waals surface area contributed by atoms with E-state index < -0.39 is 6.61 Å². The number of nitrogens with zero attached hydrogens (tertiary/aromatic N) is 3. The van der Waals surface area contributed by atoms with Crippen molar-refractivity contribution in [3.63, 3.8) is 0 Å². The van der Waals surface area contributed by atoms with Gasteiger partial charge in [0.1, 0.15) is 5.75 Å². The predicted octanol–water partition coefficient (Wildman–Crippen LogP) is 2.47. The molecule has 8 heteroatoms. The molecule has 0 radical (unpaired) electrons. The Labute approximate surface area is 164 Å². The molecule has 0 aliphatic carbocycles. The Morgan fingerprint density at radius 3 is 2.43 bits per heavy atom. The summed E-state index contributed by atoms with van der Waals surface area (Å²) in [6.45, 7) is 8.03. The summed E-state index contributed by atoms with van der Waals surface area (Å²) in [5, 5.41) is 0. The normalized spacial score (nSPS) is 14.8. The van der Waals surface area contributed by atoms with Crippen LogP contribution in [0.15, 0.2) is 36.4 Å². The number of halogens is 2. The number of para-hydroxylation sites is 1. The highest BCUT2D eigenvalue weighted by Crippen LogP contribution is 2.22. The molecule has 6 nitrogen and oxygen atoms in total. The van der Waals surface area contributed by atoms with Crippen molar-refractivity contribution in [2.45, 2.75) is 20.5 Å². The summed E-state index contributed by atoms with van der Waals surface area (Å²) in [5.74, 6) is -0.445. The van der Waals surface area contributed by atoms with Gasteiger partial charge in [-0.2, -0.15) is 8.78 Å². The maximum Gasteiger partial charge on any atom is 0.387 e. The number of alkyl halides is 2. The van der Waals surface area contributed by atoms with Gasteiger partial charge in [-0.3, -0.25) is 14.5 Å². The molecule has 1 aliphatic heterocycles. The van der Waals surface area contributed by atoms with Crippen molar-refractivity contribution < 1.29 is 23.1 Å². The molecule has 2 amide bonds. The summed E-state index contributed by atoms with van der Waals surface area (Å²) in [5.41, 5.74) is 1.04. The fourth-order valence-corrected chi connectivity index (χ4v) is 3.11. The third kappa shape index (κ3) is 6.02. The first-order valence-electron chi connectivity index (χ1n) is 9.29. The molecular weight excluding hydrogens is 368 g/mol. The largest absolute Gasteiger partial charge is 0.434 e. The lowest BCUT2D eigenvalue weighted by Crippen LogP contribution is -2.51. The number of likely N-dealkylation sites (N-methyl/N-ethyl adjacent to an activating group) is 1. The predicted molar refractivity (Wildman–Crippen MR) is 102 cm³/mol. The van der Waals surface area contributed by atoms with Gasteiger partial charge in [0, 0.05) is 39.3 Å². The van der Waals surface area contributed by atoms with E-state index in [0.29, 0.717) is 39.3 Å². The van der Waals surface area contributed by atoms with Crippen LogP contribution in [0.4, 0.5) is 8.78 Å². The number of hydrogen-bond donors (Lipinski definition) is 0. The molecule has 1 heterocycles. The third-order valence-corrected chi connectivity index (χ3v) is 4.55. The Balaban J connectivity index is 1.92. The summed E-state index contributed by atoms with van der Waals surface area (Å²) in [6, 6.07) is 5.99. The van der Waals surface area contributed by atoms with E-state index in [4.69, 9.17) is 0 Å². The molecule has 28 heavy (non-hydrogen) atoms. The summed E-state index contributed by atoms with van der Waals surface area (Å²) in [4.78, 5) is 30.5. The van der Waals surface area contributed by atoms with Crippen LogP contribution in [0.2, 0.25) is 0 Å². The SMILES string of the molecule is C=C(C)CN(CC)C(=O)CN1CCN(C(=O)c2ccccc2OC(F)F)CC1. The van der Waals surface area contributed by atoms with E-state index in [0.717, 1.165) is 5.57 Å². The zero-order valence-electron chi connectivity index (χ0n) is 16.4. The van der Waals surface area contributed by atoms with Gasteiger partial charge in [0.2, 0.25) is 5.91 Å². The molecule has 154 valence electrons. The first kappa shape index (κ1) is 21.8. The average Bonchev–Trinajstić information content (AvgIpc) is 2.66. The Bertz CT molecular complexity index is 704. The molecular formula is C20H27F2N3O3. The standard InChI is InChI=1S/C20H27F2N3O3/c1-4-24(13-15(2)3)18(26)14-23-9-11-25(12-10-23)19(27)16-7-5-6-8-17(16)28-20(21)22/h5-8,20H,2,4,9-14H2,1,3H3. The number of benzene rings is 1. The summed E-state index contributed by atoms with van der Waals surface area (Å²) in [7, 11) is 0. The van der Waals surface area contributed by atoms with Crippen LogP contribution in [-0.2, 0) is 4.79 Å². The minimum absolute atomic E-state index is 0.0287. The smallest absolute Gasteiger partial charge is 0.387 e. The van der Waals surface area contributed by atoms with Crippen LogP contribution >= 0.6 is 0 Å². The lowest BCUT2D eigenvalue weighted by molar-refractivity contribution is -0.132. The molecule has 0 aromatic heterocycles. The van der Waals surface area contributed by atoms with E-state index in [2.05, 4.69) is 11.3 Å². The molecule has 0 spiro atoms. The van der Waals surface area contributed by atoms with Gasteiger partial charge < -0.3 is 14.5 Å². The number of rotatable bonds is 8. The van der Waals surface area contributed by atoms with Crippen molar-refractivity contribution in [1.82, 2.24) is 14.7 Å². The fourth-order valence-electron chi connectivity index (χ4n) is 3.11. The number of ether oxygens (including phenoxy) is 1. The van der Waals surface area contributed by atoms with Gasteiger partial charge in [0.15, 0.2) is 0 Å². The van der Waals surface area contributed by atoms with Crippen molar-refractivity contribution >= 4 is 11.8 Å². The van der Waals surface area contributed by atoms with Gasteiger partial charge in [0.05, 0.1) is 12.1 Å². The van der Waals surface area contributed by atoms with Crippen LogP contribution in [0, 0.1) is 0 Å². The molecule has 0 atom stereocenters. The second-order valence-corrected chi connectivity index (χ2v) is 6.81. The number of carbonyl (C=O) groups is 2. The fraction of sp³-hybridized carbons (Fsp3) is 0.500. The van der Waals surface area contributed by atoms with Crippen LogP contribution in [0.3, 0.4) is 0 Å². The van der Waals surface area contributed by atoms with Gasteiger partial charge in [-0.05, 0) is 26.0 Å². The Hall–Kier alpha value is -2.48. The molecule has 0 bridgehead atoms. The average molecular weight is 395 g/mol. The van der Waals surface area contributed by atoms with Crippen molar-refractivity contribution in [1.29, 1.82) is 0 Å². The number of amides is 2. The van der Waals surface area contributed by atoms with E-state index in [1.54, 1.807) is 21.9 Å². The van der Waals surface area contributed by atoms with Crippen molar-refractivity contribution in [3.05, 3.63) is 42.0 Å². The highest BCUT2D eigenvalue weighted by Gasteiger charge is 2.26. The molecule has 0 saturated carbocycles. The first-order valence-corrected chi connectivity index (χ1v) is 9.29. The molecule has 0 unspecified atom stereocenters. The van der Waals surface area contributed by atoms with E-state index >= 15 is 0 Å². The van der Waals surface area contributed by atoms with Crippen LogP contribution in [0.5, 0.6) is 5.75 Å². The molecule has 1 saturated heterocycles. The molecule has 0 N–H and O–H groups in total. The highest BCUT2D eigenvalue weighted by molar-refractivity contribution is 5.97. The van der Waals surface area contributed by atoms with Crippen molar-refractivity contribution in [2.24, 2.45) is 0 Å². The zero-order chi connectivity index (χ0) is 20.7. The van der Waals surface area contributed by atoms with Crippen LogP contribution in [0.1, 0.15) is 24.2 Å². The van der Waals surface area contributed by atoms with Gasteiger partial charge in [-0.15, -0.1) is 0 Å². The number of carbonyl (C=O) groups excluding carboxylic acids is 2. The van der Waals surface area contributed by atoms with Crippen molar-refractivity contribution in [2.75, 3.05) is 45.8 Å². The quantitative estimate of drug-likeness (QED) is 0.635. The minimum atomic E-state index is -2.99. The van der Waals surface area contributed by atoms with Gasteiger partial charge in [0.25, 0.3) is 5.91 Å². The lowest BCUT2D eigenvalue weighted by Gasteiger charge is -2.35. The maximum atomic E-state index is 12.7. The van der Waals surface area contributed by atoms with Gasteiger partial charge in [-0.1, -0.05) is 24.3 Å². The lowest BCUT2D eigenvalue weighted by atomic mass is 10.1. The van der Waals surface area contributed by atoms with E-state index in [1.165, 1.54) is 12.1 Å². The Morgan fingerprint density at radius 1 is 1.21 bits per heavy atom. The number of piperazine rings is 1. The second-order valence-electron chi connectivity index (χ2n) is 6.81. The molecule has 2 rings (SSSR count). The van der Waals surface area contributed by atoms with Crippen LogP contribution < -0.4 is 4.74 Å². The third-order valence-electron chi connectivity index (χ3n) is 4.55. The number of hydrogen-bond acceptors (Lipinski definition) is 4. The van der Waals surface area contributed by atoms with Gasteiger partial charge >= 0.3 is 6.61 Å². The molecule has 1 aromatic rings. The summed E-state index contributed by atoms with van der Waals surface area (Å²) >= 11 is 0. The zero-order valence-corrected chi connectivity index (χ0v) is 16.4. The maximum absolute atomic E-state index is 12.7. The Morgan fingerprint density at radius 2 is 1.86 bits per heavy atom. The Kier molecular flexibility index (Phi) is 7.92. The highest BCUT2D eigenvalue weighted by atomic mass is 19.3. The minimum Gasteiger partial charge on any atom is -0.434 e. The van der Waals surface area contributed by atoms with Gasteiger partial charge in [-0.25, -0.2) is 0 Å². The molecule has 1 aliphatic rings. The van der Waals surface area contributed by atoms with E-state index in [-0.39, 0.29) is 29.7 Å². The summed E-state index contributed by atoms with van der Waals surface area (Å²) in [6.07, 6.45) is 0. The van der Waals surface area contributed by atoms with E-state index in [1.807, 2.05) is 18.7 Å². The monoisotopic (exact) mass is 395 g/mol. The molecule has 1 fully saturated rings. The van der Waals surface area contributed by atoms with Crippen LogP contribution in [-0.4, -0.2) is 78.9 Å². The second kappa shape index (κ2) is 10.2. The first-order chi connectivity index (χ1) is 13.3. The summed E-state index contributed by atoms with van der Waals surface area (Å²) < 4.78 is 29.6. The topological polar surface area (TPSA) is 53.1 Å². The van der Waals surface area contributed by atoms with Crippen LogP contribution in [0.25, 0.3) is 0 Å². The molecule has 1 aromatic carbocycles. The van der Waals surface area contributed by atoms with E-state index in [9.17, 15) is 18.4 Å². The van der Waals surface area contributed by atoms with Crippen molar-refractivity contribution in [3.8, 4) is 5.75 Å².